The summed E-state index contributed by atoms with van der Waals surface area (Å²) in [4.78, 5) is 14.9. The van der Waals surface area contributed by atoms with Crippen LogP contribution in [0.3, 0.4) is 0 Å². The highest BCUT2D eigenvalue weighted by Gasteiger charge is 2.36. The Morgan fingerprint density at radius 2 is 1.87 bits per heavy atom. The quantitative estimate of drug-likeness (QED) is 0.431. The zero-order chi connectivity index (χ0) is 21.4. The first-order chi connectivity index (χ1) is 14.5. The van der Waals surface area contributed by atoms with E-state index < -0.39 is 11.5 Å². The molecule has 0 saturated carbocycles. The zero-order valence-electron chi connectivity index (χ0n) is 18.2. The maximum absolute atomic E-state index is 12.6. The Labute approximate surface area is 181 Å². The fraction of sp³-hybridized carbons (Fsp3) is 0.696. The molecule has 0 aliphatic carbocycles. The summed E-state index contributed by atoms with van der Waals surface area (Å²) in [6.07, 6.45) is 8.15. The molecule has 0 spiro atoms. The van der Waals surface area contributed by atoms with Crippen molar-refractivity contribution in [2.24, 2.45) is 0 Å². The van der Waals surface area contributed by atoms with Gasteiger partial charge in [0.15, 0.2) is 11.5 Å². The molecule has 0 unspecified atom stereocenters. The van der Waals surface area contributed by atoms with Gasteiger partial charge in [0.05, 0.1) is 11.5 Å². The van der Waals surface area contributed by atoms with E-state index in [1.807, 2.05) is 0 Å². The van der Waals surface area contributed by atoms with Crippen molar-refractivity contribution >= 4 is 13.8 Å². The van der Waals surface area contributed by atoms with E-state index in [0.29, 0.717) is 43.2 Å². The van der Waals surface area contributed by atoms with Crippen LogP contribution in [0, 0.1) is 0 Å². The Hall–Kier alpha value is -1.73. The summed E-state index contributed by atoms with van der Waals surface area (Å²) >= 11 is 0. The molecule has 6 nitrogen and oxygen atoms in total. The zero-order valence-corrected chi connectivity index (χ0v) is 18.2. The van der Waals surface area contributed by atoms with Crippen LogP contribution in [0.1, 0.15) is 63.9 Å². The minimum atomic E-state index is -1.71. The number of aliphatic hydroxyl groups is 1. The Kier molecular flexibility index (Phi) is 8.46. The van der Waals surface area contributed by atoms with Crippen LogP contribution in [0.2, 0.25) is 0 Å². The van der Waals surface area contributed by atoms with Crippen molar-refractivity contribution in [3.8, 4) is 11.5 Å². The molecule has 2 aliphatic rings. The third-order valence-electron chi connectivity index (χ3n) is 6.02. The number of benzene rings is 1. The van der Waals surface area contributed by atoms with Gasteiger partial charge in [-0.2, -0.15) is 0 Å². The molecular weight excluding hydrogens is 379 g/mol. The fourth-order valence-corrected chi connectivity index (χ4v) is 4.17. The number of carbonyl (C=O) groups is 1. The number of amides is 1. The van der Waals surface area contributed by atoms with Crippen LogP contribution in [-0.2, 0) is 10.3 Å². The third kappa shape index (κ3) is 6.14. The van der Waals surface area contributed by atoms with Crippen LogP contribution >= 0.6 is 0 Å². The topological polar surface area (TPSA) is 71.0 Å². The number of rotatable bonds is 11. The van der Waals surface area contributed by atoms with Gasteiger partial charge in [-0.25, -0.2) is 0 Å². The predicted molar refractivity (Wildman–Crippen MR) is 118 cm³/mol. The van der Waals surface area contributed by atoms with E-state index in [0.717, 1.165) is 45.2 Å². The van der Waals surface area contributed by atoms with Crippen molar-refractivity contribution in [2.75, 3.05) is 32.8 Å². The Balaban J connectivity index is 1.69. The number of hydrogen-bond acceptors (Lipinski definition) is 5. The molecule has 2 radical (unpaired) electrons. The van der Waals surface area contributed by atoms with Crippen molar-refractivity contribution in [3.63, 3.8) is 0 Å². The lowest BCUT2D eigenvalue weighted by Crippen LogP contribution is -2.56. The molecular formula is C23H35BN2O4. The first kappa shape index (κ1) is 22.9. The molecule has 2 atom stereocenters. The predicted octanol–water partition coefficient (Wildman–Crippen LogP) is 2.71. The average Bonchev–Trinajstić information content (AvgIpc) is 3.26. The molecule has 3 rings (SSSR count). The normalized spacial score (nSPS) is 19.3. The molecule has 1 saturated heterocycles. The average molecular weight is 414 g/mol. The molecule has 1 aromatic carbocycles. The summed E-state index contributed by atoms with van der Waals surface area (Å²) in [7, 11) is 6.45. The van der Waals surface area contributed by atoms with Gasteiger partial charge < -0.3 is 24.8 Å². The first-order valence-corrected chi connectivity index (χ1v) is 11.4. The van der Waals surface area contributed by atoms with Gasteiger partial charge in [-0.05, 0) is 50.0 Å². The van der Waals surface area contributed by atoms with Crippen molar-refractivity contribution in [1.29, 1.82) is 0 Å². The number of ether oxygens (including phenoxy) is 2. The highest BCUT2D eigenvalue weighted by Crippen LogP contribution is 2.35. The highest BCUT2D eigenvalue weighted by molar-refractivity contribution is 6.15. The second-order valence-electron chi connectivity index (χ2n) is 8.48. The van der Waals surface area contributed by atoms with E-state index in [9.17, 15) is 9.90 Å². The third-order valence-corrected chi connectivity index (χ3v) is 6.02. The Bertz CT molecular complexity index is 692. The summed E-state index contributed by atoms with van der Waals surface area (Å²) < 4.78 is 11.2. The van der Waals surface area contributed by atoms with Crippen molar-refractivity contribution in [3.05, 3.63) is 23.8 Å². The number of hydrogen-bond donors (Lipinski definition) is 2. The van der Waals surface area contributed by atoms with E-state index in [4.69, 9.17) is 17.3 Å². The van der Waals surface area contributed by atoms with Crippen LogP contribution in [0.25, 0.3) is 0 Å². The lowest BCUT2D eigenvalue weighted by molar-refractivity contribution is -0.123. The molecule has 0 aromatic heterocycles. The molecule has 0 bridgehead atoms. The molecule has 2 heterocycles. The smallest absolute Gasteiger partial charge is 0.220 e. The van der Waals surface area contributed by atoms with Crippen molar-refractivity contribution in [1.82, 2.24) is 10.2 Å². The standard InChI is InChI=1S/C23H35BN2O4/c1-2-3-4-5-6-9-22(27)25-21(17-26-12-7-8-13-26)23(24,28)18-10-11-19-20(16-18)30-15-14-29-19/h10-11,16,21,28H,2-9,12-15,17H2,1H3,(H,25,27)/t21-,23-/m1/s1. The lowest BCUT2D eigenvalue weighted by atomic mass is 9.70. The minimum absolute atomic E-state index is 0.0582. The SMILES string of the molecule is [B][C@@](O)(c1ccc2c(c1)OCCO2)[C@@H](CN1CCCC1)NC(=O)CCCCCCC. The second-order valence-corrected chi connectivity index (χ2v) is 8.48. The summed E-state index contributed by atoms with van der Waals surface area (Å²) in [5, 5.41) is 14.4. The largest absolute Gasteiger partial charge is 0.486 e. The first-order valence-electron chi connectivity index (χ1n) is 11.4. The van der Waals surface area contributed by atoms with E-state index in [1.54, 1.807) is 18.2 Å². The maximum Gasteiger partial charge on any atom is 0.220 e. The number of nitrogens with zero attached hydrogens (tertiary/aromatic N) is 1. The maximum atomic E-state index is 12.6. The number of likely N-dealkylation sites (tertiary alicyclic amines) is 1. The van der Waals surface area contributed by atoms with E-state index in [-0.39, 0.29) is 5.91 Å². The van der Waals surface area contributed by atoms with Gasteiger partial charge in [0.1, 0.15) is 21.1 Å². The molecule has 1 fully saturated rings. The van der Waals surface area contributed by atoms with Gasteiger partial charge in [0, 0.05) is 13.0 Å². The molecule has 164 valence electrons. The fourth-order valence-electron chi connectivity index (χ4n) is 4.17. The van der Waals surface area contributed by atoms with Crippen LogP contribution in [0.5, 0.6) is 11.5 Å². The van der Waals surface area contributed by atoms with Gasteiger partial charge in [-0.1, -0.05) is 38.7 Å². The highest BCUT2D eigenvalue weighted by atomic mass is 16.6. The molecule has 7 heteroatoms. The number of fused-ring (bicyclic) bond motifs is 1. The summed E-state index contributed by atoms with van der Waals surface area (Å²) in [6, 6.07) is 4.63. The molecule has 2 aliphatic heterocycles. The van der Waals surface area contributed by atoms with Gasteiger partial charge in [-0.15, -0.1) is 0 Å². The number of carbonyl (C=O) groups excluding carboxylic acids is 1. The number of nitrogens with one attached hydrogen (secondary N) is 1. The summed E-state index contributed by atoms with van der Waals surface area (Å²) in [5.41, 5.74) is -1.20. The molecule has 30 heavy (non-hydrogen) atoms. The van der Waals surface area contributed by atoms with Gasteiger partial charge in [0.2, 0.25) is 5.91 Å². The van der Waals surface area contributed by atoms with Crippen LogP contribution < -0.4 is 14.8 Å². The Morgan fingerprint density at radius 3 is 2.60 bits per heavy atom. The van der Waals surface area contributed by atoms with Crippen molar-refractivity contribution < 1.29 is 19.4 Å². The van der Waals surface area contributed by atoms with Gasteiger partial charge >= 0.3 is 0 Å². The van der Waals surface area contributed by atoms with E-state index in [2.05, 4.69) is 17.1 Å². The Morgan fingerprint density at radius 1 is 1.17 bits per heavy atom. The van der Waals surface area contributed by atoms with Crippen LogP contribution in [0.15, 0.2) is 18.2 Å². The minimum Gasteiger partial charge on any atom is -0.486 e. The summed E-state index contributed by atoms with van der Waals surface area (Å²) in [6.45, 7) is 5.58. The molecule has 2 N–H and O–H groups in total. The van der Waals surface area contributed by atoms with E-state index >= 15 is 0 Å². The van der Waals surface area contributed by atoms with Crippen molar-refractivity contribution in [2.45, 2.75) is 69.8 Å². The van der Waals surface area contributed by atoms with E-state index in [1.165, 1.54) is 12.8 Å². The lowest BCUT2D eigenvalue weighted by Gasteiger charge is -2.37. The number of unbranched alkanes of at least 4 members (excludes halogenated alkanes) is 4. The van der Waals surface area contributed by atoms with Crippen LogP contribution in [0.4, 0.5) is 0 Å². The van der Waals surface area contributed by atoms with Gasteiger partial charge in [-0.3, -0.25) is 4.79 Å². The summed E-state index contributed by atoms with van der Waals surface area (Å²) in [5.74, 6) is 1.16. The van der Waals surface area contributed by atoms with Gasteiger partial charge in [0.25, 0.3) is 0 Å². The second kappa shape index (κ2) is 11.1. The molecule has 1 amide bonds. The van der Waals surface area contributed by atoms with Crippen LogP contribution in [-0.4, -0.2) is 62.6 Å². The molecule has 1 aromatic rings. The monoisotopic (exact) mass is 414 g/mol.